The number of nitrogens with one attached hydrogen (secondary N) is 2. The number of carbonyl (C=O) groups is 1. The molecular weight excluding hydrogens is 278 g/mol. The fraction of sp³-hybridized carbons (Fsp3) is 0.588. The third-order valence-corrected chi connectivity index (χ3v) is 4.82. The zero-order valence-electron chi connectivity index (χ0n) is 12.9. The normalized spacial score (nSPS) is 29.4. The van der Waals surface area contributed by atoms with E-state index in [1.165, 1.54) is 12.8 Å². The molecule has 2 heterocycles. The molecule has 2 fully saturated rings. The molecule has 0 aliphatic carbocycles. The number of aliphatic hydroxyl groups excluding tert-OH is 1. The highest BCUT2D eigenvalue weighted by molar-refractivity contribution is 5.79. The highest BCUT2D eigenvalue weighted by atomic mass is 16.3. The Morgan fingerprint density at radius 2 is 2.05 bits per heavy atom. The average molecular weight is 303 g/mol. The molecule has 1 amide bonds. The molecule has 120 valence electrons. The van der Waals surface area contributed by atoms with Gasteiger partial charge >= 0.3 is 0 Å². The van der Waals surface area contributed by atoms with Gasteiger partial charge in [-0.05, 0) is 44.5 Å². The topological polar surface area (TPSA) is 64.6 Å². The number of benzene rings is 1. The molecule has 0 aromatic heterocycles. The quantitative estimate of drug-likeness (QED) is 0.756. The van der Waals surface area contributed by atoms with Gasteiger partial charge in [-0.2, -0.15) is 0 Å². The van der Waals surface area contributed by atoms with Gasteiger partial charge in [-0.3, -0.25) is 9.69 Å². The summed E-state index contributed by atoms with van der Waals surface area (Å²) in [6.07, 6.45) is 2.42. The fourth-order valence-corrected chi connectivity index (χ4v) is 3.59. The van der Waals surface area contributed by atoms with Crippen LogP contribution in [0, 0.1) is 0 Å². The summed E-state index contributed by atoms with van der Waals surface area (Å²) in [4.78, 5) is 14.7. The maximum absolute atomic E-state index is 12.5. The Morgan fingerprint density at radius 3 is 2.73 bits per heavy atom. The number of hydrogen-bond acceptors (Lipinski definition) is 4. The number of aliphatic hydroxyl groups is 1. The summed E-state index contributed by atoms with van der Waals surface area (Å²) >= 11 is 0. The van der Waals surface area contributed by atoms with E-state index in [4.69, 9.17) is 0 Å². The van der Waals surface area contributed by atoms with Gasteiger partial charge in [0.2, 0.25) is 5.91 Å². The van der Waals surface area contributed by atoms with E-state index in [2.05, 4.69) is 15.5 Å². The van der Waals surface area contributed by atoms with E-state index in [9.17, 15) is 9.90 Å². The van der Waals surface area contributed by atoms with E-state index in [0.29, 0.717) is 19.5 Å². The van der Waals surface area contributed by atoms with Crippen LogP contribution in [0.2, 0.25) is 0 Å². The summed E-state index contributed by atoms with van der Waals surface area (Å²) in [5, 5.41) is 16.9. The standard InChI is InChI=1S/C17H25N3O2/c21-15-12-18-9-8-17(15,14-6-2-1-3-7-14)19-16(22)13-20-10-4-5-11-20/h1-3,6-7,15,18,21H,4-5,8-13H2,(H,19,22)/t15-,17-/m1/s1. The van der Waals surface area contributed by atoms with E-state index in [1.54, 1.807) is 0 Å². The lowest BCUT2D eigenvalue weighted by Gasteiger charge is -2.43. The molecule has 3 N–H and O–H groups in total. The number of likely N-dealkylation sites (tertiary alicyclic amines) is 1. The predicted octanol–water partition coefficient (Wildman–Crippen LogP) is 0.448. The molecule has 5 nitrogen and oxygen atoms in total. The van der Waals surface area contributed by atoms with Crippen molar-refractivity contribution in [3.05, 3.63) is 35.9 Å². The van der Waals surface area contributed by atoms with Gasteiger partial charge in [0.25, 0.3) is 0 Å². The van der Waals surface area contributed by atoms with Crippen LogP contribution >= 0.6 is 0 Å². The summed E-state index contributed by atoms with van der Waals surface area (Å²) < 4.78 is 0. The predicted molar refractivity (Wildman–Crippen MR) is 85.4 cm³/mol. The molecule has 22 heavy (non-hydrogen) atoms. The SMILES string of the molecule is O=C(CN1CCCC1)N[C@@]1(c2ccccc2)CCNC[C@H]1O. The Morgan fingerprint density at radius 1 is 1.32 bits per heavy atom. The van der Waals surface area contributed by atoms with E-state index in [0.717, 1.165) is 25.2 Å². The van der Waals surface area contributed by atoms with Gasteiger partial charge in [0.05, 0.1) is 18.2 Å². The number of β-amino-alcohol motifs (C(OH)–C–C–N with tert-alkyl or cyclic N) is 1. The molecule has 1 aromatic rings. The Bertz CT molecular complexity index is 502. The summed E-state index contributed by atoms with van der Waals surface area (Å²) in [5.41, 5.74) is 0.308. The molecule has 0 radical (unpaired) electrons. The van der Waals surface area contributed by atoms with Gasteiger partial charge in [-0.25, -0.2) is 0 Å². The third-order valence-electron chi connectivity index (χ3n) is 4.82. The van der Waals surface area contributed by atoms with Crippen molar-refractivity contribution in [1.29, 1.82) is 0 Å². The second-order valence-corrected chi connectivity index (χ2v) is 6.34. The van der Waals surface area contributed by atoms with Crippen molar-refractivity contribution < 1.29 is 9.90 Å². The fourth-order valence-electron chi connectivity index (χ4n) is 3.59. The van der Waals surface area contributed by atoms with Crippen molar-refractivity contribution >= 4 is 5.91 Å². The van der Waals surface area contributed by atoms with Crippen LogP contribution in [0.15, 0.2) is 30.3 Å². The first-order valence-electron chi connectivity index (χ1n) is 8.18. The van der Waals surface area contributed by atoms with Crippen LogP contribution in [0.5, 0.6) is 0 Å². The lowest BCUT2D eigenvalue weighted by atomic mass is 9.79. The molecule has 1 aromatic carbocycles. The molecule has 5 heteroatoms. The van der Waals surface area contributed by atoms with Crippen LogP contribution in [0.4, 0.5) is 0 Å². The van der Waals surface area contributed by atoms with Gasteiger partial charge in [0.15, 0.2) is 0 Å². The zero-order valence-corrected chi connectivity index (χ0v) is 12.9. The first-order chi connectivity index (χ1) is 10.7. The lowest BCUT2D eigenvalue weighted by Crippen LogP contribution is -2.62. The highest BCUT2D eigenvalue weighted by Gasteiger charge is 2.42. The molecule has 2 aliphatic rings. The molecule has 2 saturated heterocycles. The minimum Gasteiger partial charge on any atom is -0.389 e. The van der Waals surface area contributed by atoms with E-state index in [-0.39, 0.29) is 5.91 Å². The van der Waals surface area contributed by atoms with Crippen LogP contribution in [0.3, 0.4) is 0 Å². The van der Waals surface area contributed by atoms with Crippen molar-refractivity contribution in [2.24, 2.45) is 0 Å². The van der Waals surface area contributed by atoms with Crippen LogP contribution < -0.4 is 10.6 Å². The summed E-state index contributed by atoms with van der Waals surface area (Å²) in [7, 11) is 0. The van der Waals surface area contributed by atoms with Crippen molar-refractivity contribution in [1.82, 2.24) is 15.5 Å². The molecule has 2 atom stereocenters. The smallest absolute Gasteiger partial charge is 0.234 e. The zero-order chi connectivity index (χ0) is 15.4. The van der Waals surface area contributed by atoms with Gasteiger partial charge in [0.1, 0.15) is 0 Å². The van der Waals surface area contributed by atoms with E-state index in [1.807, 2.05) is 30.3 Å². The Balaban J connectivity index is 1.78. The summed E-state index contributed by atoms with van der Waals surface area (Å²) in [6.45, 7) is 3.70. The summed E-state index contributed by atoms with van der Waals surface area (Å²) in [6, 6.07) is 9.85. The van der Waals surface area contributed by atoms with Crippen molar-refractivity contribution in [2.45, 2.75) is 30.9 Å². The maximum atomic E-state index is 12.5. The Labute approximate surface area is 131 Å². The molecule has 0 bridgehead atoms. The second kappa shape index (κ2) is 6.77. The number of amides is 1. The number of nitrogens with zero attached hydrogens (tertiary/aromatic N) is 1. The van der Waals surface area contributed by atoms with E-state index >= 15 is 0 Å². The lowest BCUT2D eigenvalue weighted by molar-refractivity contribution is -0.126. The minimum absolute atomic E-state index is 0.00621. The molecule has 0 saturated carbocycles. The van der Waals surface area contributed by atoms with Crippen molar-refractivity contribution in [3.8, 4) is 0 Å². The summed E-state index contributed by atoms with van der Waals surface area (Å²) in [5.74, 6) is 0.00621. The van der Waals surface area contributed by atoms with E-state index < -0.39 is 11.6 Å². The van der Waals surface area contributed by atoms with Gasteiger partial charge < -0.3 is 15.7 Å². The Hall–Kier alpha value is -1.43. The first kappa shape index (κ1) is 15.5. The first-order valence-corrected chi connectivity index (χ1v) is 8.18. The van der Waals surface area contributed by atoms with Crippen molar-refractivity contribution in [3.63, 3.8) is 0 Å². The second-order valence-electron chi connectivity index (χ2n) is 6.34. The number of carbonyl (C=O) groups excluding carboxylic acids is 1. The van der Waals surface area contributed by atoms with Gasteiger partial charge in [0, 0.05) is 6.54 Å². The molecule has 0 spiro atoms. The van der Waals surface area contributed by atoms with Crippen molar-refractivity contribution in [2.75, 3.05) is 32.7 Å². The maximum Gasteiger partial charge on any atom is 0.234 e. The number of rotatable bonds is 4. The van der Waals surface area contributed by atoms with Crippen LogP contribution in [-0.4, -0.2) is 54.7 Å². The van der Waals surface area contributed by atoms with Crippen LogP contribution in [-0.2, 0) is 10.3 Å². The molecule has 0 unspecified atom stereocenters. The average Bonchev–Trinajstić information content (AvgIpc) is 3.03. The number of hydrogen-bond donors (Lipinski definition) is 3. The Kier molecular flexibility index (Phi) is 4.76. The molecule has 2 aliphatic heterocycles. The molecule has 3 rings (SSSR count). The highest BCUT2D eigenvalue weighted by Crippen LogP contribution is 2.31. The minimum atomic E-state index is -0.677. The van der Waals surface area contributed by atoms with Gasteiger partial charge in [-0.1, -0.05) is 30.3 Å². The molecular formula is C17H25N3O2. The van der Waals surface area contributed by atoms with Crippen LogP contribution in [0.1, 0.15) is 24.8 Å². The third kappa shape index (κ3) is 3.16. The van der Waals surface area contributed by atoms with Crippen LogP contribution in [0.25, 0.3) is 0 Å². The largest absolute Gasteiger partial charge is 0.389 e. The van der Waals surface area contributed by atoms with Gasteiger partial charge in [-0.15, -0.1) is 0 Å². The number of piperidine rings is 1. The monoisotopic (exact) mass is 303 g/mol.